The summed E-state index contributed by atoms with van der Waals surface area (Å²) in [6.45, 7) is 0.582. The summed E-state index contributed by atoms with van der Waals surface area (Å²) in [5.41, 5.74) is 0. The highest BCUT2D eigenvalue weighted by atomic mass is 32.2. The Kier molecular flexibility index (Phi) is 6.16. The summed E-state index contributed by atoms with van der Waals surface area (Å²) in [5, 5.41) is 7.08. The second kappa shape index (κ2) is 8.11. The first-order valence-electron chi connectivity index (χ1n) is 6.57. The van der Waals surface area contributed by atoms with Crippen LogP contribution in [0, 0.1) is 5.82 Å². The van der Waals surface area contributed by atoms with Gasteiger partial charge in [-0.25, -0.2) is 4.39 Å². The van der Waals surface area contributed by atoms with Gasteiger partial charge < -0.3 is 14.6 Å². The molecule has 0 bridgehead atoms. The molecule has 2 aromatic rings. The number of nitrogens with one attached hydrogen (secondary N) is 1. The van der Waals surface area contributed by atoms with E-state index < -0.39 is 0 Å². The highest BCUT2D eigenvalue weighted by molar-refractivity contribution is 7.98. The van der Waals surface area contributed by atoms with Crippen LogP contribution in [-0.2, 0) is 16.9 Å². The van der Waals surface area contributed by atoms with Crippen molar-refractivity contribution >= 4 is 11.8 Å². The summed E-state index contributed by atoms with van der Waals surface area (Å²) in [7, 11) is 3.52. The van der Waals surface area contributed by atoms with Gasteiger partial charge in [-0.15, -0.1) is 11.8 Å². The number of likely N-dealkylation sites (N-methyl/N-ethyl adjacent to an activating group) is 1. The van der Waals surface area contributed by atoms with Crippen LogP contribution in [0.25, 0.3) is 0 Å². The maximum atomic E-state index is 12.8. The molecule has 1 unspecified atom stereocenters. The Morgan fingerprint density at radius 3 is 2.81 bits per heavy atom. The molecule has 1 heterocycles. The zero-order chi connectivity index (χ0) is 15.1. The fourth-order valence-corrected chi connectivity index (χ4v) is 2.51. The van der Waals surface area contributed by atoms with Gasteiger partial charge in [0.2, 0.25) is 5.89 Å². The van der Waals surface area contributed by atoms with Gasteiger partial charge in [0, 0.05) is 24.5 Å². The highest BCUT2D eigenvalue weighted by Gasteiger charge is 2.13. The quantitative estimate of drug-likeness (QED) is 0.755. The van der Waals surface area contributed by atoms with Gasteiger partial charge in [0.15, 0.2) is 5.82 Å². The predicted molar refractivity (Wildman–Crippen MR) is 78.7 cm³/mol. The SMILES string of the molecule is CNC(COC)Cc1nc(CSc2ccc(F)cc2)no1. The van der Waals surface area contributed by atoms with Crippen molar-refractivity contribution in [2.45, 2.75) is 23.1 Å². The second-order valence-electron chi connectivity index (χ2n) is 4.49. The minimum Gasteiger partial charge on any atom is -0.383 e. The monoisotopic (exact) mass is 311 g/mol. The molecule has 0 amide bonds. The normalized spacial score (nSPS) is 12.5. The van der Waals surface area contributed by atoms with E-state index in [1.54, 1.807) is 19.2 Å². The number of hydrogen-bond donors (Lipinski definition) is 1. The number of benzene rings is 1. The van der Waals surface area contributed by atoms with Crippen molar-refractivity contribution in [1.82, 2.24) is 15.5 Å². The molecule has 21 heavy (non-hydrogen) atoms. The van der Waals surface area contributed by atoms with Crippen LogP contribution < -0.4 is 5.32 Å². The van der Waals surface area contributed by atoms with Crippen molar-refractivity contribution < 1.29 is 13.7 Å². The van der Waals surface area contributed by atoms with Gasteiger partial charge in [-0.3, -0.25) is 0 Å². The minimum atomic E-state index is -0.238. The Labute approximate surface area is 127 Å². The average molecular weight is 311 g/mol. The number of halogens is 1. The lowest BCUT2D eigenvalue weighted by Crippen LogP contribution is -2.32. The van der Waals surface area contributed by atoms with Crippen molar-refractivity contribution in [3.05, 3.63) is 41.8 Å². The zero-order valence-electron chi connectivity index (χ0n) is 12.0. The first-order valence-corrected chi connectivity index (χ1v) is 7.56. The van der Waals surface area contributed by atoms with E-state index in [1.165, 1.54) is 23.9 Å². The number of nitrogens with zero attached hydrogens (tertiary/aromatic N) is 2. The summed E-state index contributed by atoms with van der Waals surface area (Å²) < 4.78 is 23.1. The van der Waals surface area contributed by atoms with Gasteiger partial charge in [-0.05, 0) is 31.3 Å². The molecule has 0 aliphatic rings. The average Bonchev–Trinajstić information content (AvgIpc) is 2.94. The van der Waals surface area contributed by atoms with Crippen LogP contribution in [0.5, 0.6) is 0 Å². The molecule has 1 aromatic carbocycles. The molecule has 0 saturated heterocycles. The van der Waals surface area contributed by atoms with E-state index in [0.717, 1.165) is 4.90 Å². The van der Waals surface area contributed by atoms with E-state index in [4.69, 9.17) is 9.26 Å². The number of thioether (sulfide) groups is 1. The highest BCUT2D eigenvalue weighted by Crippen LogP contribution is 2.21. The van der Waals surface area contributed by atoms with E-state index in [2.05, 4.69) is 15.5 Å². The van der Waals surface area contributed by atoms with E-state index in [-0.39, 0.29) is 11.9 Å². The smallest absolute Gasteiger partial charge is 0.228 e. The summed E-state index contributed by atoms with van der Waals surface area (Å²) in [6.07, 6.45) is 0.624. The molecule has 0 radical (unpaired) electrons. The third-order valence-electron chi connectivity index (χ3n) is 2.89. The maximum absolute atomic E-state index is 12.8. The molecule has 1 N–H and O–H groups in total. The summed E-state index contributed by atoms with van der Waals surface area (Å²) in [6, 6.07) is 6.49. The van der Waals surface area contributed by atoms with Crippen molar-refractivity contribution in [3.8, 4) is 0 Å². The topological polar surface area (TPSA) is 60.2 Å². The van der Waals surface area contributed by atoms with Crippen molar-refractivity contribution in [3.63, 3.8) is 0 Å². The van der Waals surface area contributed by atoms with E-state index in [9.17, 15) is 4.39 Å². The van der Waals surface area contributed by atoms with Gasteiger partial charge in [0.05, 0.1) is 12.4 Å². The zero-order valence-corrected chi connectivity index (χ0v) is 12.8. The maximum Gasteiger partial charge on any atom is 0.228 e. The lowest BCUT2D eigenvalue weighted by Gasteiger charge is -2.11. The van der Waals surface area contributed by atoms with Gasteiger partial charge in [0.25, 0.3) is 0 Å². The molecule has 0 spiro atoms. The van der Waals surface area contributed by atoms with Crippen LogP contribution in [0.1, 0.15) is 11.7 Å². The Hall–Kier alpha value is -1.44. The third kappa shape index (κ3) is 5.11. The van der Waals surface area contributed by atoms with Crippen molar-refractivity contribution in [1.29, 1.82) is 0 Å². The minimum absolute atomic E-state index is 0.146. The van der Waals surface area contributed by atoms with Gasteiger partial charge in [-0.2, -0.15) is 4.98 Å². The first-order chi connectivity index (χ1) is 10.2. The molecule has 114 valence electrons. The molecule has 1 atom stereocenters. The van der Waals surface area contributed by atoms with Gasteiger partial charge in [-0.1, -0.05) is 5.16 Å². The summed E-state index contributed by atoms with van der Waals surface area (Å²) >= 11 is 1.54. The van der Waals surface area contributed by atoms with Gasteiger partial charge in [0.1, 0.15) is 5.82 Å². The lowest BCUT2D eigenvalue weighted by molar-refractivity contribution is 0.165. The fourth-order valence-electron chi connectivity index (χ4n) is 1.77. The number of methoxy groups -OCH3 is 1. The Bertz CT molecular complexity index is 547. The number of rotatable bonds is 8. The molecule has 0 aliphatic carbocycles. The molecule has 0 aliphatic heterocycles. The molecule has 5 nitrogen and oxygen atoms in total. The standard InChI is InChI=1S/C14H18FN3O2S/c1-16-11(8-19-2)7-14-17-13(18-20-14)9-21-12-5-3-10(15)4-6-12/h3-6,11,16H,7-9H2,1-2H3. The second-order valence-corrected chi connectivity index (χ2v) is 5.54. The fraction of sp³-hybridized carbons (Fsp3) is 0.429. The van der Waals surface area contributed by atoms with E-state index >= 15 is 0 Å². The van der Waals surface area contributed by atoms with Crippen molar-refractivity contribution in [2.75, 3.05) is 20.8 Å². The van der Waals surface area contributed by atoms with Crippen LogP contribution in [0.3, 0.4) is 0 Å². The Morgan fingerprint density at radius 1 is 1.38 bits per heavy atom. The first kappa shape index (κ1) is 15.9. The van der Waals surface area contributed by atoms with Crippen LogP contribution in [-0.4, -0.2) is 36.9 Å². The molecular weight excluding hydrogens is 293 g/mol. The predicted octanol–water partition coefficient (Wildman–Crippen LogP) is 2.28. The summed E-state index contributed by atoms with van der Waals surface area (Å²) in [5.74, 6) is 1.56. The largest absolute Gasteiger partial charge is 0.383 e. The van der Waals surface area contributed by atoms with Crippen molar-refractivity contribution in [2.24, 2.45) is 0 Å². The Balaban J connectivity index is 1.86. The van der Waals surface area contributed by atoms with Crippen LogP contribution in [0.4, 0.5) is 4.39 Å². The Morgan fingerprint density at radius 2 is 2.14 bits per heavy atom. The van der Waals surface area contributed by atoms with Crippen LogP contribution in [0.2, 0.25) is 0 Å². The molecule has 0 saturated carbocycles. The molecule has 7 heteroatoms. The number of hydrogen-bond acceptors (Lipinski definition) is 6. The van der Waals surface area contributed by atoms with Crippen LogP contribution in [0.15, 0.2) is 33.7 Å². The third-order valence-corrected chi connectivity index (χ3v) is 3.90. The molecule has 0 fully saturated rings. The molecular formula is C14H18FN3O2S. The number of aromatic nitrogens is 2. The molecule has 2 rings (SSSR count). The molecule has 1 aromatic heterocycles. The number of ether oxygens (including phenoxy) is 1. The van der Waals surface area contributed by atoms with E-state index in [0.29, 0.717) is 30.5 Å². The van der Waals surface area contributed by atoms with Gasteiger partial charge >= 0.3 is 0 Å². The van der Waals surface area contributed by atoms with E-state index in [1.807, 2.05) is 7.05 Å². The summed E-state index contributed by atoms with van der Waals surface area (Å²) in [4.78, 5) is 5.31. The lowest BCUT2D eigenvalue weighted by atomic mass is 10.2. The van der Waals surface area contributed by atoms with Crippen LogP contribution >= 0.6 is 11.8 Å².